The summed E-state index contributed by atoms with van der Waals surface area (Å²) in [5.41, 5.74) is 0.650. The number of carbonyl (C=O) groups is 3. The van der Waals surface area contributed by atoms with Crippen molar-refractivity contribution in [2.24, 2.45) is 0 Å². The van der Waals surface area contributed by atoms with Gasteiger partial charge in [-0.15, -0.1) is 0 Å². The van der Waals surface area contributed by atoms with Crippen molar-refractivity contribution in [3.05, 3.63) is 42.0 Å². The van der Waals surface area contributed by atoms with Crippen LogP contribution >= 0.6 is 0 Å². The predicted octanol–water partition coefficient (Wildman–Crippen LogP) is 3.40. The van der Waals surface area contributed by atoms with Gasteiger partial charge in [0.15, 0.2) is 0 Å². The number of nitrogens with zero attached hydrogens (tertiary/aromatic N) is 1. The zero-order valence-corrected chi connectivity index (χ0v) is 19.5. The van der Waals surface area contributed by atoms with Crippen molar-refractivity contribution in [3.63, 3.8) is 0 Å². The monoisotopic (exact) mass is 487 g/mol. The molecule has 1 aromatic rings. The van der Waals surface area contributed by atoms with E-state index in [4.69, 9.17) is 14.2 Å². The summed E-state index contributed by atoms with van der Waals surface area (Å²) in [4.78, 5) is 38.8. The summed E-state index contributed by atoms with van der Waals surface area (Å²) in [5.74, 6) is -2.28. The lowest BCUT2D eigenvalue weighted by Gasteiger charge is -2.34. The number of ether oxygens (including phenoxy) is 3. The Morgan fingerprint density at radius 1 is 1.24 bits per heavy atom. The van der Waals surface area contributed by atoms with Crippen molar-refractivity contribution in [2.75, 3.05) is 13.2 Å². The molecular weight excluding hydrogens is 459 g/mol. The molecule has 34 heavy (non-hydrogen) atoms. The highest BCUT2D eigenvalue weighted by atomic mass is 19.4. The molecule has 12 heteroatoms. The Morgan fingerprint density at radius 3 is 2.44 bits per heavy atom. The summed E-state index contributed by atoms with van der Waals surface area (Å²) in [7, 11) is 0. The van der Waals surface area contributed by atoms with Gasteiger partial charge in [0.1, 0.15) is 29.7 Å². The molecule has 188 valence electrons. The zero-order valence-electron chi connectivity index (χ0n) is 19.5. The first-order valence-corrected chi connectivity index (χ1v) is 10.3. The fourth-order valence-corrected chi connectivity index (χ4v) is 3.09. The molecule has 2 rings (SSSR count). The molecule has 0 radical (unpaired) electrons. The number of rotatable bonds is 5. The lowest BCUT2D eigenvalue weighted by Crippen LogP contribution is -2.57. The number of nitrogens with one attached hydrogen (secondary N) is 2. The number of amides is 3. The SMILES string of the molecule is C=CCOc1ccc(C(=O)NNC(=O)[C@@H]2COC(C)(C)N2C(=O)OC(C)(C)C)cc1C(F)(F)F. The fraction of sp³-hybridized carbons (Fsp3) is 0.500. The maximum atomic E-state index is 13.4. The minimum atomic E-state index is -4.78. The molecule has 1 heterocycles. The van der Waals surface area contributed by atoms with E-state index in [1.165, 1.54) is 6.08 Å². The van der Waals surface area contributed by atoms with Crippen LogP contribution in [0.4, 0.5) is 18.0 Å². The molecule has 0 saturated carbocycles. The molecule has 2 N–H and O–H groups in total. The molecule has 1 saturated heterocycles. The summed E-state index contributed by atoms with van der Waals surface area (Å²) in [6, 6.07) is 1.57. The van der Waals surface area contributed by atoms with Gasteiger partial charge in [-0.25, -0.2) is 4.79 Å². The minimum Gasteiger partial charge on any atom is -0.489 e. The van der Waals surface area contributed by atoms with Crippen LogP contribution < -0.4 is 15.6 Å². The first kappa shape index (κ1) is 27.0. The van der Waals surface area contributed by atoms with Crippen molar-refractivity contribution in [2.45, 2.75) is 58.2 Å². The molecule has 1 aliphatic rings. The van der Waals surface area contributed by atoms with Crippen LogP contribution in [0, 0.1) is 0 Å². The Bertz CT molecular complexity index is 956. The Morgan fingerprint density at radius 2 is 1.88 bits per heavy atom. The first-order chi connectivity index (χ1) is 15.6. The Balaban J connectivity index is 2.14. The number of carbonyl (C=O) groups excluding carboxylic acids is 3. The first-order valence-electron chi connectivity index (χ1n) is 10.3. The quantitative estimate of drug-likeness (QED) is 0.487. The maximum absolute atomic E-state index is 13.4. The van der Waals surface area contributed by atoms with Crippen LogP contribution in [0.3, 0.4) is 0 Å². The van der Waals surface area contributed by atoms with E-state index in [9.17, 15) is 27.6 Å². The van der Waals surface area contributed by atoms with Gasteiger partial charge < -0.3 is 14.2 Å². The number of halogens is 3. The number of alkyl halides is 3. The van der Waals surface area contributed by atoms with Gasteiger partial charge in [-0.3, -0.25) is 25.3 Å². The van der Waals surface area contributed by atoms with Gasteiger partial charge in [-0.2, -0.15) is 13.2 Å². The molecule has 1 atom stereocenters. The van der Waals surface area contributed by atoms with Crippen LogP contribution in [-0.2, 0) is 20.4 Å². The predicted molar refractivity (Wildman–Crippen MR) is 115 cm³/mol. The molecule has 0 aliphatic carbocycles. The van der Waals surface area contributed by atoms with Gasteiger partial charge in [0, 0.05) is 5.56 Å². The van der Waals surface area contributed by atoms with Crippen molar-refractivity contribution < 1.29 is 41.8 Å². The van der Waals surface area contributed by atoms with Crippen LogP contribution in [0.25, 0.3) is 0 Å². The van der Waals surface area contributed by atoms with Gasteiger partial charge in [0.05, 0.1) is 12.2 Å². The molecule has 0 bridgehead atoms. The normalized spacial score (nSPS) is 17.6. The second kappa shape index (κ2) is 9.92. The van der Waals surface area contributed by atoms with E-state index in [1.54, 1.807) is 34.6 Å². The van der Waals surface area contributed by atoms with E-state index < -0.39 is 52.8 Å². The fourth-order valence-electron chi connectivity index (χ4n) is 3.09. The molecule has 1 fully saturated rings. The number of hydrogen-bond donors (Lipinski definition) is 2. The van der Waals surface area contributed by atoms with E-state index in [2.05, 4.69) is 17.4 Å². The Labute approximate surface area is 195 Å². The van der Waals surface area contributed by atoms with Gasteiger partial charge in [-0.1, -0.05) is 12.7 Å². The molecule has 9 nitrogen and oxygen atoms in total. The smallest absolute Gasteiger partial charge is 0.419 e. The average Bonchev–Trinajstić information content (AvgIpc) is 3.03. The van der Waals surface area contributed by atoms with E-state index in [-0.39, 0.29) is 18.8 Å². The van der Waals surface area contributed by atoms with Gasteiger partial charge in [0.2, 0.25) is 0 Å². The lowest BCUT2D eigenvalue weighted by atomic mass is 10.1. The number of hydrogen-bond acceptors (Lipinski definition) is 6. The summed E-state index contributed by atoms with van der Waals surface area (Å²) in [6.45, 7) is 11.2. The second-order valence-corrected chi connectivity index (χ2v) is 8.88. The highest BCUT2D eigenvalue weighted by molar-refractivity contribution is 5.96. The largest absolute Gasteiger partial charge is 0.489 e. The third-order valence-electron chi connectivity index (χ3n) is 4.58. The van der Waals surface area contributed by atoms with Crippen LogP contribution in [0.1, 0.15) is 50.5 Å². The summed E-state index contributed by atoms with van der Waals surface area (Å²) in [6.07, 6.45) is -4.30. The number of benzene rings is 1. The highest BCUT2D eigenvalue weighted by Crippen LogP contribution is 2.37. The third kappa shape index (κ3) is 6.62. The van der Waals surface area contributed by atoms with Crippen molar-refractivity contribution in [3.8, 4) is 5.75 Å². The van der Waals surface area contributed by atoms with Gasteiger partial charge in [0.25, 0.3) is 11.8 Å². The number of hydrazine groups is 1. The highest BCUT2D eigenvalue weighted by Gasteiger charge is 2.49. The van der Waals surface area contributed by atoms with E-state index in [1.807, 2.05) is 0 Å². The maximum Gasteiger partial charge on any atom is 0.419 e. The standard InChI is InChI=1S/C22H28F3N3O6/c1-7-10-32-16-9-8-13(11-14(16)22(23,24)25)17(29)26-27-18(30)15-12-33-21(5,6)28(15)19(31)34-20(2,3)4/h7-9,11,15H,1,10,12H2,2-6H3,(H,26,29)(H,27,30)/t15-/m0/s1. The molecule has 1 aliphatic heterocycles. The zero-order chi connectivity index (χ0) is 25.9. The summed E-state index contributed by atoms with van der Waals surface area (Å²) >= 11 is 0. The Hall–Kier alpha value is -3.28. The molecule has 3 amide bonds. The van der Waals surface area contributed by atoms with Crippen molar-refractivity contribution in [1.82, 2.24) is 15.8 Å². The van der Waals surface area contributed by atoms with Crippen LogP contribution in [0.15, 0.2) is 30.9 Å². The van der Waals surface area contributed by atoms with Crippen LogP contribution in [-0.4, -0.2) is 53.4 Å². The van der Waals surface area contributed by atoms with E-state index in [0.29, 0.717) is 6.07 Å². The van der Waals surface area contributed by atoms with Crippen molar-refractivity contribution in [1.29, 1.82) is 0 Å². The van der Waals surface area contributed by atoms with Gasteiger partial charge >= 0.3 is 12.3 Å². The topological polar surface area (TPSA) is 106 Å². The lowest BCUT2D eigenvalue weighted by molar-refractivity contribution is -0.138. The van der Waals surface area contributed by atoms with Crippen molar-refractivity contribution >= 4 is 17.9 Å². The summed E-state index contributed by atoms with van der Waals surface area (Å²) in [5, 5.41) is 0. The summed E-state index contributed by atoms with van der Waals surface area (Å²) < 4.78 is 56.0. The average molecular weight is 487 g/mol. The van der Waals surface area contributed by atoms with Crippen LogP contribution in [0.5, 0.6) is 5.75 Å². The molecule has 1 aromatic carbocycles. The Kier molecular flexibility index (Phi) is 7.87. The molecule has 0 aromatic heterocycles. The van der Waals surface area contributed by atoms with Gasteiger partial charge in [-0.05, 0) is 52.8 Å². The third-order valence-corrected chi connectivity index (χ3v) is 4.58. The van der Waals surface area contributed by atoms with E-state index in [0.717, 1.165) is 17.0 Å². The molecule has 0 spiro atoms. The van der Waals surface area contributed by atoms with Crippen LogP contribution in [0.2, 0.25) is 0 Å². The second-order valence-electron chi connectivity index (χ2n) is 8.88. The molecular formula is C22H28F3N3O6. The van der Waals surface area contributed by atoms with E-state index >= 15 is 0 Å². The minimum absolute atomic E-state index is 0.154. The molecule has 0 unspecified atom stereocenters.